The Balaban J connectivity index is 0.000000320. The summed E-state index contributed by atoms with van der Waals surface area (Å²) in [5.41, 5.74) is 0. The highest BCUT2D eigenvalue weighted by atomic mass is 35.5. The molecule has 2 fully saturated rings. The quantitative estimate of drug-likeness (QED) is 0.511. The Labute approximate surface area is 55.0 Å². The Bertz CT molecular complexity index is 70.5. The Morgan fingerprint density at radius 2 is 2.38 bits per heavy atom. The fraction of sp³-hybridized carbons (Fsp3) is 1.00. The van der Waals surface area contributed by atoms with E-state index in [0.29, 0.717) is 12.1 Å². The number of fused-ring (bicyclic) bond motifs is 2. The molecule has 1 N–H and O–H groups in total. The molecule has 48 valence electrons. The van der Waals surface area contributed by atoms with E-state index in [1.807, 2.05) is 0 Å². The lowest BCUT2D eigenvalue weighted by Gasteiger charge is -2.09. The molecular weight excluding hydrogens is 126 g/mol. The second kappa shape index (κ2) is 2.21. The summed E-state index contributed by atoms with van der Waals surface area (Å²) in [4.78, 5) is 0. The van der Waals surface area contributed by atoms with Gasteiger partial charge >= 0.3 is 0 Å². The second-order valence-corrected chi connectivity index (χ2v) is 2.30. The molecule has 3 heteroatoms. The molecule has 1 unspecified atom stereocenters. The van der Waals surface area contributed by atoms with Gasteiger partial charge in [0, 0.05) is 12.6 Å². The van der Waals surface area contributed by atoms with Crippen LogP contribution in [0.5, 0.6) is 0 Å². The summed E-state index contributed by atoms with van der Waals surface area (Å²) in [7, 11) is 0. The van der Waals surface area contributed by atoms with Crippen LogP contribution in [0.4, 0.5) is 0 Å². The maximum atomic E-state index is 5.29. The molecule has 0 aromatic heterocycles. The first-order valence-corrected chi connectivity index (χ1v) is 2.80. The fourth-order valence-corrected chi connectivity index (χ4v) is 1.29. The number of morpholine rings is 1. The van der Waals surface area contributed by atoms with Crippen LogP contribution in [0.3, 0.4) is 0 Å². The largest absolute Gasteiger partial charge is 0.375 e. The zero-order chi connectivity index (χ0) is 4.69. The summed E-state index contributed by atoms with van der Waals surface area (Å²) in [5, 5.41) is 3.33. The van der Waals surface area contributed by atoms with E-state index in [0.717, 1.165) is 13.2 Å². The summed E-state index contributed by atoms with van der Waals surface area (Å²) in [5.74, 6) is 0. The van der Waals surface area contributed by atoms with Crippen LogP contribution >= 0.6 is 12.4 Å². The van der Waals surface area contributed by atoms with E-state index in [-0.39, 0.29) is 12.4 Å². The van der Waals surface area contributed by atoms with Crippen molar-refractivity contribution in [3.8, 4) is 0 Å². The topological polar surface area (TPSA) is 21.3 Å². The minimum atomic E-state index is 0. The first kappa shape index (κ1) is 6.33. The lowest BCUT2D eigenvalue weighted by Crippen LogP contribution is -2.30. The van der Waals surface area contributed by atoms with Crippen molar-refractivity contribution < 1.29 is 4.74 Å². The van der Waals surface area contributed by atoms with E-state index >= 15 is 0 Å². The molecule has 2 saturated heterocycles. The molecule has 2 aliphatic heterocycles. The van der Waals surface area contributed by atoms with Crippen LogP contribution in [0.25, 0.3) is 0 Å². The van der Waals surface area contributed by atoms with E-state index < -0.39 is 0 Å². The number of hydrogen-bond acceptors (Lipinski definition) is 2. The van der Waals surface area contributed by atoms with Gasteiger partial charge in [-0.2, -0.15) is 0 Å². The number of nitrogens with one attached hydrogen (secondary N) is 1. The molecule has 2 aliphatic rings. The van der Waals surface area contributed by atoms with Gasteiger partial charge in [-0.25, -0.2) is 0 Å². The molecule has 0 radical (unpaired) electrons. The Morgan fingerprint density at radius 3 is 2.50 bits per heavy atom. The third-order valence-corrected chi connectivity index (χ3v) is 1.71. The number of ether oxygens (including phenoxy) is 1. The molecular formula is C5H10ClNO. The molecule has 0 aliphatic carbocycles. The summed E-state index contributed by atoms with van der Waals surface area (Å²) < 4.78 is 5.29. The Morgan fingerprint density at radius 1 is 1.50 bits per heavy atom. The molecule has 0 saturated carbocycles. The van der Waals surface area contributed by atoms with Gasteiger partial charge in [-0.05, 0) is 6.42 Å². The third kappa shape index (κ3) is 0.835. The minimum absolute atomic E-state index is 0. The monoisotopic (exact) mass is 135 g/mol. The van der Waals surface area contributed by atoms with Crippen molar-refractivity contribution in [3.63, 3.8) is 0 Å². The molecule has 0 spiro atoms. The van der Waals surface area contributed by atoms with Crippen molar-refractivity contribution in [1.82, 2.24) is 5.32 Å². The van der Waals surface area contributed by atoms with E-state index in [9.17, 15) is 0 Å². The lowest BCUT2D eigenvalue weighted by atomic mass is 10.3. The van der Waals surface area contributed by atoms with Crippen LogP contribution in [0, 0.1) is 0 Å². The predicted molar refractivity (Wildman–Crippen MR) is 33.4 cm³/mol. The average Bonchev–Trinajstić information content (AvgIpc) is 2.22. The van der Waals surface area contributed by atoms with Crippen molar-refractivity contribution >= 4 is 12.4 Å². The normalized spacial score (nSPS) is 42.0. The molecule has 0 amide bonds. The molecule has 0 aromatic rings. The smallest absolute Gasteiger partial charge is 0.0716 e. The Hall–Kier alpha value is 0.210. The second-order valence-electron chi connectivity index (χ2n) is 2.30. The fourth-order valence-electron chi connectivity index (χ4n) is 1.29. The van der Waals surface area contributed by atoms with Crippen molar-refractivity contribution in [2.45, 2.75) is 18.6 Å². The van der Waals surface area contributed by atoms with Crippen LogP contribution < -0.4 is 5.32 Å². The molecule has 2 nitrogen and oxygen atoms in total. The van der Waals surface area contributed by atoms with Crippen LogP contribution in [0.15, 0.2) is 0 Å². The van der Waals surface area contributed by atoms with Crippen molar-refractivity contribution in [2.75, 3.05) is 13.2 Å². The highest BCUT2D eigenvalue weighted by Gasteiger charge is 2.31. The van der Waals surface area contributed by atoms with E-state index in [1.54, 1.807) is 0 Å². The minimum Gasteiger partial charge on any atom is -0.375 e. The Kier molecular flexibility index (Phi) is 1.75. The van der Waals surface area contributed by atoms with Gasteiger partial charge < -0.3 is 10.1 Å². The zero-order valence-electron chi connectivity index (χ0n) is 4.59. The summed E-state index contributed by atoms with van der Waals surface area (Å²) >= 11 is 0. The summed E-state index contributed by atoms with van der Waals surface area (Å²) in [6.07, 6.45) is 1.81. The van der Waals surface area contributed by atoms with E-state index in [4.69, 9.17) is 4.74 Å². The van der Waals surface area contributed by atoms with Crippen molar-refractivity contribution in [2.24, 2.45) is 0 Å². The summed E-state index contributed by atoms with van der Waals surface area (Å²) in [6.45, 7) is 2.04. The van der Waals surface area contributed by atoms with Gasteiger partial charge in [0.1, 0.15) is 0 Å². The van der Waals surface area contributed by atoms with Gasteiger partial charge in [0.2, 0.25) is 0 Å². The van der Waals surface area contributed by atoms with Gasteiger partial charge in [-0.15, -0.1) is 12.4 Å². The molecule has 2 heterocycles. The molecule has 8 heavy (non-hydrogen) atoms. The van der Waals surface area contributed by atoms with Crippen molar-refractivity contribution in [1.29, 1.82) is 0 Å². The van der Waals surface area contributed by atoms with Gasteiger partial charge in [-0.1, -0.05) is 0 Å². The maximum Gasteiger partial charge on any atom is 0.0716 e. The van der Waals surface area contributed by atoms with Crippen LogP contribution in [0.1, 0.15) is 6.42 Å². The first-order chi connectivity index (χ1) is 3.45. The number of halogens is 1. The number of hydrogen-bond donors (Lipinski definition) is 1. The van der Waals surface area contributed by atoms with Gasteiger partial charge in [0.15, 0.2) is 0 Å². The molecule has 2 rings (SSSR count). The highest BCUT2D eigenvalue weighted by molar-refractivity contribution is 5.85. The molecule has 2 bridgehead atoms. The lowest BCUT2D eigenvalue weighted by molar-refractivity contribution is 0.0892. The molecule has 2 atom stereocenters. The SMILES string of the molecule is C1O[C@@H]2CNC1C2.Cl. The van der Waals surface area contributed by atoms with Gasteiger partial charge in [0.25, 0.3) is 0 Å². The van der Waals surface area contributed by atoms with Crippen LogP contribution in [-0.2, 0) is 4.74 Å². The standard InChI is InChI=1S/C5H9NO.ClH/c1-4-3-7-5(1)2-6-4;/h4-6H,1-3H2;1H/t4?,5-;/m0./s1. The first-order valence-electron chi connectivity index (χ1n) is 2.80. The van der Waals surface area contributed by atoms with E-state index in [1.165, 1.54) is 6.42 Å². The van der Waals surface area contributed by atoms with E-state index in [2.05, 4.69) is 5.32 Å². The van der Waals surface area contributed by atoms with Crippen molar-refractivity contribution in [3.05, 3.63) is 0 Å². The van der Waals surface area contributed by atoms with Crippen LogP contribution in [0.2, 0.25) is 0 Å². The maximum absolute atomic E-state index is 5.29. The average molecular weight is 136 g/mol. The van der Waals surface area contributed by atoms with Gasteiger partial charge in [0.05, 0.1) is 12.7 Å². The summed E-state index contributed by atoms with van der Waals surface area (Å²) in [6, 6.07) is 0.699. The zero-order valence-corrected chi connectivity index (χ0v) is 5.41. The van der Waals surface area contributed by atoms with Gasteiger partial charge in [-0.3, -0.25) is 0 Å². The van der Waals surface area contributed by atoms with Crippen LogP contribution in [-0.4, -0.2) is 25.3 Å². The molecule has 0 aromatic carbocycles. The number of rotatable bonds is 0. The predicted octanol–water partition coefficient (Wildman–Crippen LogP) is 0.169. The third-order valence-electron chi connectivity index (χ3n) is 1.71. The highest BCUT2D eigenvalue weighted by Crippen LogP contribution is 2.17.